The summed E-state index contributed by atoms with van der Waals surface area (Å²) in [5, 5.41) is 8.25. The van der Waals surface area contributed by atoms with Crippen molar-refractivity contribution in [1.82, 2.24) is 0 Å². The zero-order valence-corrected chi connectivity index (χ0v) is 5.00. The highest BCUT2D eigenvalue weighted by molar-refractivity contribution is 6.19. The minimum Gasteiger partial charge on any atom is -0.290 e. The van der Waals surface area contributed by atoms with E-state index in [-0.39, 0.29) is 26.2 Å². The molecule has 0 aliphatic heterocycles. The van der Waals surface area contributed by atoms with Crippen molar-refractivity contribution in [3.8, 4) is 6.07 Å². The normalized spacial score (nSPS) is 13.8. The molecule has 0 radical (unpaired) electrons. The van der Waals surface area contributed by atoms with Crippen LogP contribution in [0.2, 0.25) is 0 Å². The number of rotatable bonds is 0. The highest BCUT2D eigenvalue weighted by Crippen LogP contribution is 2.02. The van der Waals surface area contributed by atoms with E-state index in [0.29, 0.717) is 0 Å². The predicted octanol–water partition coefficient (Wildman–Crippen LogP) is 1.42. The maximum absolute atomic E-state index is 10.6. The second kappa shape index (κ2) is 5.03. The van der Waals surface area contributed by atoms with Gasteiger partial charge in [-0.05, 0) is 12.2 Å². The molecule has 0 aromatic rings. The van der Waals surface area contributed by atoms with Crippen molar-refractivity contribution in [2.45, 2.75) is 14.9 Å². The fourth-order valence-corrected chi connectivity index (χ4v) is 0.596. The lowest BCUT2D eigenvalue weighted by atomic mass is 10.1. The largest absolute Gasteiger partial charge is 0.290 e. The van der Waals surface area contributed by atoms with Crippen LogP contribution in [-0.4, -0.2) is 11.6 Å². The van der Waals surface area contributed by atoms with Crippen LogP contribution < -0.4 is 0 Å². The SMILES string of the molecule is C.C.N#CC1=CC(=O)C=CC1=O. The van der Waals surface area contributed by atoms with Crippen LogP contribution >= 0.6 is 0 Å². The van der Waals surface area contributed by atoms with Crippen molar-refractivity contribution in [1.29, 1.82) is 5.26 Å². The Morgan fingerprint density at radius 3 is 2.17 bits per heavy atom. The Morgan fingerprint density at radius 2 is 1.75 bits per heavy atom. The molecule has 64 valence electrons. The first-order valence-electron chi connectivity index (χ1n) is 2.62. The molecule has 0 spiro atoms. The molecular weight excluding hydrogens is 154 g/mol. The van der Waals surface area contributed by atoms with Crippen molar-refractivity contribution in [3.05, 3.63) is 23.8 Å². The van der Waals surface area contributed by atoms with E-state index in [1.54, 1.807) is 6.07 Å². The van der Waals surface area contributed by atoms with Gasteiger partial charge in [-0.25, -0.2) is 0 Å². The topological polar surface area (TPSA) is 57.9 Å². The fourth-order valence-electron chi connectivity index (χ4n) is 0.596. The van der Waals surface area contributed by atoms with Crippen LogP contribution in [0.15, 0.2) is 23.8 Å². The summed E-state index contributed by atoms with van der Waals surface area (Å²) >= 11 is 0. The number of carbonyl (C=O) groups excluding carboxylic acids is 2. The lowest BCUT2D eigenvalue weighted by Crippen LogP contribution is -2.05. The second-order valence-electron chi connectivity index (χ2n) is 1.77. The molecule has 3 heteroatoms. The molecule has 0 N–H and O–H groups in total. The second-order valence-corrected chi connectivity index (χ2v) is 1.77. The van der Waals surface area contributed by atoms with E-state index in [2.05, 4.69) is 0 Å². The maximum atomic E-state index is 10.6. The Morgan fingerprint density at radius 1 is 1.17 bits per heavy atom. The average Bonchev–Trinajstić information content (AvgIpc) is 1.94. The van der Waals surface area contributed by atoms with Gasteiger partial charge in [0.2, 0.25) is 0 Å². The molecule has 1 rings (SSSR count). The molecule has 0 amide bonds. The quantitative estimate of drug-likeness (QED) is 0.510. The van der Waals surface area contributed by atoms with Crippen LogP contribution in [0.25, 0.3) is 0 Å². The van der Waals surface area contributed by atoms with Gasteiger partial charge < -0.3 is 0 Å². The molecule has 0 aromatic carbocycles. The Bertz CT molecular complexity index is 292. The minimum absolute atomic E-state index is 0. The van der Waals surface area contributed by atoms with Gasteiger partial charge in [0, 0.05) is 6.08 Å². The zero-order chi connectivity index (χ0) is 7.56. The van der Waals surface area contributed by atoms with Crippen molar-refractivity contribution < 1.29 is 9.59 Å². The smallest absolute Gasteiger partial charge is 0.196 e. The molecule has 0 bridgehead atoms. The van der Waals surface area contributed by atoms with Crippen molar-refractivity contribution in [2.75, 3.05) is 0 Å². The van der Waals surface area contributed by atoms with E-state index in [9.17, 15) is 9.59 Å². The summed E-state index contributed by atoms with van der Waals surface area (Å²) in [6.07, 6.45) is 3.27. The summed E-state index contributed by atoms with van der Waals surface area (Å²) in [5.41, 5.74) is -0.0903. The minimum atomic E-state index is -0.401. The molecular formula is C9H11NO2. The maximum Gasteiger partial charge on any atom is 0.196 e. The Labute approximate surface area is 72.0 Å². The van der Waals surface area contributed by atoms with E-state index in [0.717, 1.165) is 18.2 Å². The molecule has 12 heavy (non-hydrogen) atoms. The molecule has 1 aliphatic carbocycles. The van der Waals surface area contributed by atoms with Crippen LogP contribution in [0.3, 0.4) is 0 Å². The standard InChI is InChI=1S/C7H3NO2.2CH4/c8-4-5-3-6(9)1-2-7(5)10;;/h1-3H;2*1H4. The third kappa shape index (κ3) is 2.51. The van der Waals surface area contributed by atoms with E-state index >= 15 is 0 Å². The third-order valence-corrected chi connectivity index (χ3v) is 1.07. The van der Waals surface area contributed by atoms with Gasteiger partial charge in [-0.15, -0.1) is 0 Å². The summed E-state index contributed by atoms with van der Waals surface area (Å²) < 4.78 is 0. The lowest BCUT2D eigenvalue weighted by molar-refractivity contribution is -0.114. The molecule has 0 unspecified atom stereocenters. The van der Waals surface area contributed by atoms with Crippen molar-refractivity contribution >= 4 is 11.6 Å². The van der Waals surface area contributed by atoms with Gasteiger partial charge in [0.1, 0.15) is 11.6 Å². The Kier molecular flexibility index (Phi) is 5.42. The molecule has 0 saturated carbocycles. The van der Waals surface area contributed by atoms with Gasteiger partial charge in [0.05, 0.1) is 0 Å². The van der Waals surface area contributed by atoms with Crippen LogP contribution in [0.1, 0.15) is 14.9 Å². The molecule has 0 heterocycles. The number of allylic oxidation sites excluding steroid dienone is 4. The Balaban J connectivity index is 0. The first-order valence-corrected chi connectivity index (χ1v) is 2.62. The van der Waals surface area contributed by atoms with Crippen LogP contribution in [0, 0.1) is 11.3 Å². The number of nitrogens with zero attached hydrogens (tertiary/aromatic N) is 1. The van der Waals surface area contributed by atoms with Gasteiger partial charge in [0.15, 0.2) is 11.6 Å². The number of nitriles is 1. The van der Waals surface area contributed by atoms with Gasteiger partial charge >= 0.3 is 0 Å². The van der Waals surface area contributed by atoms with Gasteiger partial charge in [-0.3, -0.25) is 9.59 Å². The lowest BCUT2D eigenvalue weighted by Gasteiger charge is -1.94. The van der Waals surface area contributed by atoms with Crippen LogP contribution in [-0.2, 0) is 9.59 Å². The van der Waals surface area contributed by atoms with Gasteiger partial charge in [0.25, 0.3) is 0 Å². The summed E-state index contributed by atoms with van der Waals surface area (Å²) in [7, 11) is 0. The van der Waals surface area contributed by atoms with E-state index in [1.807, 2.05) is 0 Å². The van der Waals surface area contributed by atoms with E-state index in [4.69, 9.17) is 5.26 Å². The third-order valence-electron chi connectivity index (χ3n) is 1.07. The number of hydrogen-bond acceptors (Lipinski definition) is 3. The summed E-state index contributed by atoms with van der Waals surface area (Å²) in [5.74, 6) is -0.710. The number of ketones is 2. The first kappa shape index (κ1) is 12.9. The molecule has 0 aromatic heterocycles. The molecule has 0 fully saturated rings. The van der Waals surface area contributed by atoms with E-state index in [1.165, 1.54) is 0 Å². The van der Waals surface area contributed by atoms with Crippen molar-refractivity contribution in [3.63, 3.8) is 0 Å². The predicted molar refractivity (Wildman–Crippen MR) is 46.3 cm³/mol. The summed E-state index contributed by atoms with van der Waals surface area (Å²) in [6, 6.07) is 1.62. The highest BCUT2D eigenvalue weighted by atomic mass is 16.1. The monoisotopic (exact) mass is 165 g/mol. The van der Waals surface area contributed by atoms with Crippen LogP contribution in [0.5, 0.6) is 0 Å². The zero-order valence-electron chi connectivity index (χ0n) is 5.00. The Hall–Kier alpha value is -1.69. The summed E-state index contributed by atoms with van der Waals surface area (Å²) in [6.45, 7) is 0. The molecule has 1 aliphatic rings. The molecule has 0 atom stereocenters. The van der Waals surface area contributed by atoms with Crippen LogP contribution in [0.4, 0.5) is 0 Å². The van der Waals surface area contributed by atoms with Gasteiger partial charge in [-0.2, -0.15) is 5.26 Å². The van der Waals surface area contributed by atoms with Crippen molar-refractivity contribution in [2.24, 2.45) is 0 Å². The first-order chi connectivity index (χ1) is 4.74. The molecule has 0 saturated heterocycles. The molecule has 3 nitrogen and oxygen atoms in total. The average molecular weight is 165 g/mol. The number of carbonyl (C=O) groups is 2. The fraction of sp³-hybridized carbons (Fsp3) is 0.222. The van der Waals surface area contributed by atoms with Gasteiger partial charge in [-0.1, -0.05) is 14.9 Å². The van der Waals surface area contributed by atoms with E-state index < -0.39 is 5.78 Å². The number of hydrogen-bond donors (Lipinski definition) is 0. The summed E-state index contributed by atoms with van der Waals surface area (Å²) in [4.78, 5) is 21.2. The highest BCUT2D eigenvalue weighted by Gasteiger charge is 2.11.